The SMILES string of the molecule is O=C(Nc1cc2oc(=O)[nH]c2cc1F)N1CCSCC1. The number of halogens is 1. The van der Waals surface area contributed by atoms with Gasteiger partial charge in [-0.25, -0.2) is 14.0 Å². The van der Waals surface area contributed by atoms with Gasteiger partial charge in [0.05, 0.1) is 11.2 Å². The van der Waals surface area contributed by atoms with E-state index < -0.39 is 11.6 Å². The maximum absolute atomic E-state index is 13.9. The highest BCUT2D eigenvalue weighted by molar-refractivity contribution is 7.99. The molecule has 0 radical (unpaired) electrons. The molecule has 0 unspecified atom stereocenters. The molecule has 0 aliphatic carbocycles. The molecule has 106 valence electrons. The third-order valence-electron chi connectivity index (χ3n) is 3.05. The summed E-state index contributed by atoms with van der Waals surface area (Å²) in [7, 11) is 0. The highest BCUT2D eigenvalue weighted by Gasteiger charge is 2.18. The van der Waals surface area contributed by atoms with E-state index in [0.717, 1.165) is 17.6 Å². The Labute approximate surface area is 117 Å². The second kappa shape index (κ2) is 5.20. The van der Waals surface area contributed by atoms with E-state index in [0.29, 0.717) is 13.1 Å². The van der Waals surface area contributed by atoms with Crippen molar-refractivity contribution in [3.63, 3.8) is 0 Å². The lowest BCUT2D eigenvalue weighted by Gasteiger charge is -2.26. The minimum absolute atomic E-state index is 0.00322. The summed E-state index contributed by atoms with van der Waals surface area (Å²) in [5, 5.41) is 2.51. The Morgan fingerprint density at radius 3 is 2.90 bits per heavy atom. The van der Waals surface area contributed by atoms with Gasteiger partial charge >= 0.3 is 11.8 Å². The van der Waals surface area contributed by atoms with E-state index in [9.17, 15) is 14.0 Å². The van der Waals surface area contributed by atoms with Gasteiger partial charge in [0.2, 0.25) is 0 Å². The molecule has 0 atom stereocenters. The maximum atomic E-state index is 13.9. The zero-order valence-corrected chi connectivity index (χ0v) is 11.3. The molecule has 2 aromatic rings. The van der Waals surface area contributed by atoms with Crippen LogP contribution in [-0.2, 0) is 0 Å². The first kappa shape index (κ1) is 13.0. The van der Waals surface area contributed by atoms with Crippen molar-refractivity contribution in [2.45, 2.75) is 0 Å². The number of urea groups is 1. The van der Waals surface area contributed by atoms with Gasteiger partial charge in [-0.1, -0.05) is 0 Å². The number of carbonyl (C=O) groups excluding carboxylic acids is 1. The van der Waals surface area contributed by atoms with Gasteiger partial charge in [0.15, 0.2) is 5.58 Å². The van der Waals surface area contributed by atoms with E-state index in [1.54, 1.807) is 16.7 Å². The minimum Gasteiger partial charge on any atom is -0.408 e. The Bertz CT molecular complexity index is 706. The quantitative estimate of drug-likeness (QED) is 0.842. The fourth-order valence-corrected chi connectivity index (χ4v) is 2.93. The zero-order chi connectivity index (χ0) is 14.1. The zero-order valence-electron chi connectivity index (χ0n) is 10.4. The van der Waals surface area contributed by atoms with Crippen molar-refractivity contribution < 1.29 is 13.6 Å². The molecule has 1 aliphatic rings. The van der Waals surface area contributed by atoms with Crippen LogP contribution in [0.2, 0.25) is 0 Å². The number of carbonyl (C=O) groups is 1. The summed E-state index contributed by atoms with van der Waals surface area (Å²) in [5.74, 6) is 0.480. The standard InChI is InChI=1S/C12H12FN3O3S/c13-7-5-9-10(19-12(18)15-9)6-8(7)14-11(17)16-1-3-20-4-2-16/h5-6H,1-4H2,(H,14,17)(H,15,18). The van der Waals surface area contributed by atoms with Crippen molar-refractivity contribution in [3.05, 3.63) is 28.5 Å². The van der Waals surface area contributed by atoms with Crippen LogP contribution in [0.1, 0.15) is 0 Å². The molecule has 20 heavy (non-hydrogen) atoms. The van der Waals surface area contributed by atoms with Crippen molar-refractivity contribution in [1.29, 1.82) is 0 Å². The van der Waals surface area contributed by atoms with Crippen molar-refractivity contribution >= 4 is 34.6 Å². The summed E-state index contributed by atoms with van der Waals surface area (Å²) >= 11 is 1.78. The molecule has 0 bridgehead atoms. The number of hydrogen-bond acceptors (Lipinski definition) is 4. The number of anilines is 1. The summed E-state index contributed by atoms with van der Waals surface area (Å²) < 4.78 is 18.7. The fraction of sp³-hybridized carbons (Fsp3) is 0.333. The van der Waals surface area contributed by atoms with Crippen molar-refractivity contribution in [2.75, 3.05) is 29.9 Å². The summed E-state index contributed by atoms with van der Waals surface area (Å²) in [6.07, 6.45) is 0. The lowest BCUT2D eigenvalue weighted by Crippen LogP contribution is -2.40. The Morgan fingerprint density at radius 1 is 1.40 bits per heavy atom. The Morgan fingerprint density at radius 2 is 2.15 bits per heavy atom. The van der Waals surface area contributed by atoms with Gasteiger partial charge in [-0.15, -0.1) is 0 Å². The first-order valence-electron chi connectivity index (χ1n) is 6.09. The minimum atomic E-state index is -0.657. The van der Waals surface area contributed by atoms with E-state index >= 15 is 0 Å². The van der Waals surface area contributed by atoms with Gasteiger partial charge in [-0.3, -0.25) is 4.98 Å². The molecule has 8 heteroatoms. The van der Waals surface area contributed by atoms with E-state index in [4.69, 9.17) is 4.42 Å². The van der Waals surface area contributed by atoms with Crippen LogP contribution in [0.5, 0.6) is 0 Å². The van der Waals surface area contributed by atoms with Gasteiger partial charge in [-0.05, 0) is 0 Å². The average molecular weight is 297 g/mol. The second-order valence-corrected chi connectivity index (χ2v) is 5.60. The molecule has 0 saturated carbocycles. The normalized spacial score (nSPS) is 15.6. The fourth-order valence-electron chi connectivity index (χ4n) is 2.03. The van der Waals surface area contributed by atoms with Gasteiger partial charge < -0.3 is 14.6 Å². The van der Waals surface area contributed by atoms with Crippen LogP contribution < -0.4 is 11.1 Å². The van der Waals surface area contributed by atoms with E-state index in [1.807, 2.05) is 0 Å². The predicted octanol–water partition coefficient (Wildman–Crippen LogP) is 1.84. The summed E-state index contributed by atoms with van der Waals surface area (Å²) in [5.41, 5.74) is 0.476. The molecule has 2 heterocycles. The third kappa shape index (κ3) is 2.51. The number of oxazole rings is 1. The second-order valence-electron chi connectivity index (χ2n) is 4.37. The highest BCUT2D eigenvalue weighted by Crippen LogP contribution is 2.21. The molecule has 1 fully saturated rings. The molecule has 1 aromatic heterocycles. The summed E-state index contributed by atoms with van der Waals surface area (Å²) in [6.45, 7) is 1.28. The Balaban J connectivity index is 1.84. The number of benzene rings is 1. The molecule has 1 aromatic carbocycles. The largest absolute Gasteiger partial charge is 0.417 e. The number of hydrogen-bond donors (Lipinski definition) is 2. The number of thioether (sulfide) groups is 1. The predicted molar refractivity (Wildman–Crippen MR) is 74.7 cm³/mol. The van der Waals surface area contributed by atoms with E-state index in [-0.39, 0.29) is 22.8 Å². The summed E-state index contributed by atoms with van der Waals surface area (Å²) in [4.78, 5) is 27.0. The number of amides is 2. The molecule has 3 rings (SSSR count). The smallest absolute Gasteiger partial charge is 0.408 e. The van der Waals surface area contributed by atoms with Crippen LogP contribution in [-0.4, -0.2) is 40.5 Å². The van der Waals surface area contributed by atoms with Crippen LogP contribution in [0.15, 0.2) is 21.3 Å². The first-order valence-corrected chi connectivity index (χ1v) is 7.25. The molecule has 1 aliphatic heterocycles. The number of aromatic amines is 1. The van der Waals surface area contributed by atoms with Crippen molar-refractivity contribution in [3.8, 4) is 0 Å². The molecule has 0 spiro atoms. The van der Waals surface area contributed by atoms with E-state index in [2.05, 4.69) is 10.3 Å². The number of nitrogens with zero attached hydrogens (tertiary/aromatic N) is 1. The lowest BCUT2D eigenvalue weighted by atomic mass is 10.2. The number of nitrogens with one attached hydrogen (secondary N) is 2. The van der Waals surface area contributed by atoms with Crippen molar-refractivity contribution in [2.24, 2.45) is 0 Å². The Kier molecular flexibility index (Phi) is 3.39. The van der Waals surface area contributed by atoms with E-state index in [1.165, 1.54) is 6.07 Å². The van der Waals surface area contributed by atoms with Gasteiger partial charge in [0, 0.05) is 36.7 Å². The maximum Gasteiger partial charge on any atom is 0.417 e. The van der Waals surface area contributed by atoms with Crippen LogP contribution in [0.3, 0.4) is 0 Å². The first-order chi connectivity index (χ1) is 9.63. The molecule has 2 amide bonds. The van der Waals surface area contributed by atoms with Gasteiger partial charge in [0.1, 0.15) is 5.82 Å². The van der Waals surface area contributed by atoms with Crippen molar-refractivity contribution in [1.82, 2.24) is 9.88 Å². The molecule has 1 saturated heterocycles. The van der Waals surface area contributed by atoms with Gasteiger partial charge in [0.25, 0.3) is 0 Å². The number of fused-ring (bicyclic) bond motifs is 1. The number of H-pyrrole nitrogens is 1. The van der Waals surface area contributed by atoms with Crippen LogP contribution >= 0.6 is 11.8 Å². The molecular weight excluding hydrogens is 285 g/mol. The summed E-state index contributed by atoms with van der Waals surface area (Å²) in [6, 6.07) is 2.09. The molecule has 6 nitrogen and oxygen atoms in total. The molecular formula is C12H12FN3O3S. The third-order valence-corrected chi connectivity index (χ3v) is 3.99. The van der Waals surface area contributed by atoms with Gasteiger partial charge in [-0.2, -0.15) is 11.8 Å². The van der Waals surface area contributed by atoms with Crippen LogP contribution in [0.4, 0.5) is 14.9 Å². The average Bonchev–Trinajstić information content (AvgIpc) is 2.79. The molecule has 2 N–H and O–H groups in total. The monoisotopic (exact) mass is 297 g/mol. The highest BCUT2D eigenvalue weighted by atomic mass is 32.2. The number of rotatable bonds is 1. The van der Waals surface area contributed by atoms with Crippen LogP contribution in [0, 0.1) is 5.82 Å². The topological polar surface area (TPSA) is 78.3 Å². The lowest BCUT2D eigenvalue weighted by molar-refractivity contribution is 0.217. The van der Waals surface area contributed by atoms with Crippen LogP contribution in [0.25, 0.3) is 11.1 Å². The number of aromatic nitrogens is 1. The Hall–Kier alpha value is -1.96.